The van der Waals surface area contributed by atoms with Gasteiger partial charge in [-0.25, -0.2) is 13.2 Å². The van der Waals surface area contributed by atoms with Gasteiger partial charge in [0, 0.05) is 22.1 Å². The van der Waals surface area contributed by atoms with E-state index < -0.39 is 21.9 Å². The van der Waals surface area contributed by atoms with E-state index in [-0.39, 0.29) is 27.3 Å². The maximum absolute atomic E-state index is 13.2. The molecule has 0 saturated carbocycles. The lowest BCUT2D eigenvalue weighted by molar-refractivity contribution is 0.0698. The molecule has 0 aliphatic carbocycles. The Morgan fingerprint density at radius 3 is 2.31 bits per heavy atom. The number of carbonyl (C=O) groups excluding carboxylic acids is 1. The van der Waals surface area contributed by atoms with Gasteiger partial charge in [0.1, 0.15) is 0 Å². The van der Waals surface area contributed by atoms with Crippen LogP contribution >= 0.6 is 27.5 Å². The fraction of sp³-hybridized carbons (Fsp3) is 0.0909. The molecule has 3 aromatic rings. The highest BCUT2D eigenvalue weighted by Gasteiger charge is 2.26. The Hall–Kier alpha value is -2.88. The standard InChI is InChI=1S/C22H18BrClN2O5S/c1-13-17(21(27)25-19-11-6-14(23)12-18(19)22(28)29)4-3-5-20(13)32(30,31)26(2)16-9-7-15(24)8-10-16/h3-12H,1-2H3,(H,25,27)(H,28,29). The van der Waals surface area contributed by atoms with E-state index in [0.29, 0.717) is 15.2 Å². The normalized spacial score (nSPS) is 11.1. The summed E-state index contributed by atoms with van der Waals surface area (Å²) >= 11 is 9.08. The molecule has 1 amide bonds. The predicted octanol–water partition coefficient (Wildman–Crippen LogP) is 5.19. The van der Waals surface area contributed by atoms with Gasteiger partial charge in [0.2, 0.25) is 0 Å². The first-order valence-corrected chi connectivity index (χ1v) is 11.8. The largest absolute Gasteiger partial charge is 0.478 e. The van der Waals surface area contributed by atoms with Gasteiger partial charge in [-0.05, 0) is 67.1 Å². The average molecular weight is 538 g/mol. The lowest BCUT2D eigenvalue weighted by Crippen LogP contribution is -2.28. The number of amides is 1. The number of rotatable bonds is 6. The summed E-state index contributed by atoms with van der Waals surface area (Å²) in [4.78, 5) is 24.4. The molecule has 7 nitrogen and oxygen atoms in total. The highest BCUT2D eigenvalue weighted by atomic mass is 79.9. The van der Waals surface area contributed by atoms with E-state index in [2.05, 4.69) is 21.2 Å². The third-order valence-electron chi connectivity index (χ3n) is 4.82. The van der Waals surface area contributed by atoms with Crippen molar-refractivity contribution in [3.05, 3.63) is 86.8 Å². The minimum absolute atomic E-state index is 0.0446. The van der Waals surface area contributed by atoms with Crippen LogP contribution in [-0.4, -0.2) is 32.4 Å². The van der Waals surface area contributed by atoms with Crippen molar-refractivity contribution in [1.82, 2.24) is 0 Å². The molecular weight excluding hydrogens is 520 g/mol. The molecule has 0 atom stereocenters. The Morgan fingerprint density at radius 2 is 1.69 bits per heavy atom. The van der Waals surface area contributed by atoms with Crippen molar-refractivity contribution >= 4 is 60.8 Å². The molecule has 32 heavy (non-hydrogen) atoms. The molecule has 0 radical (unpaired) electrons. The Balaban J connectivity index is 1.97. The number of nitrogens with zero attached hydrogens (tertiary/aromatic N) is 1. The average Bonchev–Trinajstić information content (AvgIpc) is 2.74. The first kappa shape index (κ1) is 23.8. The summed E-state index contributed by atoms with van der Waals surface area (Å²) in [7, 11) is -2.57. The summed E-state index contributed by atoms with van der Waals surface area (Å²) in [5, 5.41) is 12.4. The topological polar surface area (TPSA) is 104 Å². The van der Waals surface area contributed by atoms with Gasteiger partial charge in [0.25, 0.3) is 15.9 Å². The Morgan fingerprint density at radius 1 is 1.03 bits per heavy atom. The van der Waals surface area contributed by atoms with E-state index in [1.807, 2.05) is 0 Å². The van der Waals surface area contributed by atoms with Crippen LogP contribution in [0, 0.1) is 6.92 Å². The fourth-order valence-corrected chi connectivity index (χ4v) is 5.00. The molecule has 0 saturated heterocycles. The zero-order valence-electron chi connectivity index (χ0n) is 17.0. The third kappa shape index (κ3) is 4.79. The minimum atomic E-state index is -3.98. The summed E-state index contributed by atoms with van der Waals surface area (Å²) in [6.45, 7) is 1.52. The quantitative estimate of drug-likeness (QED) is 0.451. The lowest BCUT2D eigenvalue weighted by atomic mass is 10.1. The SMILES string of the molecule is Cc1c(C(=O)Nc2ccc(Br)cc2C(=O)O)cccc1S(=O)(=O)N(C)c1ccc(Cl)cc1. The van der Waals surface area contributed by atoms with Crippen molar-refractivity contribution < 1.29 is 23.1 Å². The molecule has 0 unspecified atom stereocenters. The first-order valence-electron chi connectivity index (χ1n) is 9.20. The van der Waals surface area contributed by atoms with Gasteiger partial charge in [0.05, 0.1) is 21.8 Å². The molecule has 0 aliphatic rings. The van der Waals surface area contributed by atoms with Crippen LogP contribution in [0.3, 0.4) is 0 Å². The van der Waals surface area contributed by atoms with Crippen molar-refractivity contribution in [3.8, 4) is 0 Å². The van der Waals surface area contributed by atoms with Gasteiger partial charge in [-0.1, -0.05) is 33.6 Å². The summed E-state index contributed by atoms with van der Waals surface area (Å²) in [5.41, 5.74) is 0.743. The zero-order valence-corrected chi connectivity index (χ0v) is 20.1. The lowest BCUT2D eigenvalue weighted by Gasteiger charge is -2.21. The summed E-state index contributed by atoms with van der Waals surface area (Å²) in [5.74, 6) is -1.84. The molecule has 0 spiro atoms. The summed E-state index contributed by atoms with van der Waals surface area (Å²) in [6.07, 6.45) is 0. The zero-order chi connectivity index (χ0) is 23.6. The van der Waals surface area contributed by atoms with E-state index in [1.165, 1.54) is 44.3 Å². The van der Waals surface area contributed by atoms with Crippen molar-refractivity contribution in [2.45, 2.75) is 11.8 Å². The van der Waals surface area contributed by atoms with Crippen LogP contribution in [0.15, 0.2) is 70.0 Å². The Labute approximate surface area is 198 Å². The number of sulfonamides is 1. The molecule has 3 rings (SSSR count). The number of anilines is 2. The number of hydrogen-bond donors (Lipinski definition) is 2. The van der Waals surface area contributed by atoms with Gasteiger partial charge < -0.3 is 10.4 Å². The van der Waals surface area contributed by atoms with Gasteiger partial charge in [-0.2, -0.15) is 0 Å². The first-order chi connectivity index (χ1) is 15.0. The number of hydrogen-bond acceptors (Lipinski definition) is 4. The maximum Gasteiger partial charge on any atom is 0.337 e. The summed E-state index contributed by atoms with van der Waals surface area (Å²) < 4.78 is 28.1. The highest BCUT2D eigenvalue weighted by molar-refractivity contribution is 9.10. The second-order valence-electron chi connectivity index (χ2n) is 6.83. The number of carboxylic acid groups (broad SMARTS) is 1. The van der Waals surface area contributed by atoms with Crippen LogP contribution in [0.5, 0.6) is 0 Å². The van der Waals surface area contributed by atoms with E-state index >= 15 is 0 Å². The number of nitrogens with one attached hydrogen (secondary N) is 1. The molecular formula is C22H18BrClN2O5S. The van der Waals surface area contributed by atoms with Crippen molar-refractivity contribution in [1.29, 1.82) is 0 Å². The molecule has 0 aliphatic heterocycles. The molecule has 166 valence electrons. The van der Waals surface area contributed by atoms with E-state index in [0.717, 1.165) is 4.31 Å². The van der Waals surface area contributed by atoms with E-state index in [1.54, 1.807) is 30.3 Å². The molecule has 0 aromatic heterocycles. The van der Waals surface area contributed by atoms with Gasteiger partial charge in [0.15, 0.2) is 0 Å². The second-order valence-corrected chi connectivity index (χ2v) is 10.1. The van der Waals surface area contributed by atoms with E-state index in [9.17, 15) is 23.1 Å². The van der Waals surface area contributed by atoms with Crippen LogP contribution < -0.4 is 9.62 Å². The molecule has 0 fully saturated rings. The molecule has 2 N–H and O–H groups in total. The second kappa shape index (κ2) is 9.32. The third-order valence-corrected chi connectivity index (χ3v) is 7.49. The maximum atomic E-state index is 13.2. The fourth-order valence-electron chi connectivity index (χ4n) is 3.07. The number of carboxylic acids is 1. The molecule has 0 bridgehead atoms. The number of benzene rings is 3. The molecule has 0 heterocycles. The Kier molecular flexibility index (Phi) is 6.92. The van der Waals surface area contributed by atoms with Gasteiger partial charge in [-0.3, -0.25) is 9.10 Å². The number of halogens is 2. The minimum Gasteiger partial charge on any atom is -0.478 e. The van der Waals surface area contributed by atoms with Gasteiger partial charge in [-0.15, -0.1) is 0 Å². The van der Waals surface area contributed by atoms with E-state index in [4.69, 9.17) is 11.6 Å². The van der Waals surface area contributed by atoms with Crippen LogP contribution in [0.1, 0.15) is 26.3 Å². The van der Waals surface area contributed by atoms with Crippen LogP contribution in [0.4, 0.5) is 11.4 Å². The van der Waals surface area contributed by atoms with Crippen LogP contribution in [0.25, 0.3) is 0 Å². The molecule has 3 aromatic carbocycles. The monoisotopic (exact) mass is 536 g/mol. The molecule has 10 heteroatoms. The van der Waals surface area contributed by atoms with Gasteiger partial charge >= 0.3 is 5.97 Å². The van der Waals surface area contributed by atoms with Crippen molar-refractivity contribution in [2.75, 3.05) is 16.7 Å². The smallest absolute Gasteiger partial charge is 0.337 e. The van der Waals surface area contributed by atoms with Crippen molar-refractivity contribution in [3.63, 3.8) is 0 Å². The van der Waals surface area contributed by atoms with Crippen LogP contribution in [0.2, 0.25) is 5.02 Å². The Bertz CT molecular complexity index is 1310. The van der Waals surface area contributed by atoms with Crippen molar-refractivity contribution in [2.24, 2.45) is 0 Å². The van der Waals surface area contributed by atoms with Crippen LogP contribution in [-0.2, 0) is 10.0 Å². The predicted molar refractivity (Wildman–Crippen MR) is 127 cm³/mol. The number of carbonyl (C=O) groups is 2. The number of aromatic carboxylic acids is 1. The summed E-state index contributed by atoms with van der Waals surface area (Å²) in [6, 6.07) is 15.1. The highest BCUT2D eigenvalue weighted by Crippen LogP contribution is 2.28.